The lowest BCUT2D eigenvalue weighted by Gasteiger charge is -2.08. The summed E-state index contributed by atoms with van der Waals surface area (Å²) in [6.45, 7) is 8.95. The van der Waals surface area contributed by atoms with E-state index < -0.39 is 0 Å². The number of nitrogens with one attached hydrogen (secondary N) is 1. The molecule has 5 nitrogen and oxygen atoms in total. The Bertz CT molecular complexity index is 1450. The number of halogens is 3. The molecule has 1 aromatic carbocycles. The average Bonchev–Trinajstić information content (AvgIpc) is 3.21. The van der Waals surface area contributed by atoms with Crippen molar-refractivity contribution in [2.45, 2.75) is 34.2 Å². The Hall–Kier alpha value is -2.03. The lowest BCUT2D eigenvalue weighted by atomic mass is 10.2. The summed E-state index contributed by atoms with van der Waals surface area (Å²) in [5.41, 5.74) is 3.57. The van der Waals surface area contributed by atoms with Crippen LogP contribution in [0.2, 0.25) is 15.7 Å². The van der Waals surface area contributed by atoms with Crippen LogP contribution in [-0.2, 0) is 6.54 Å². The second-order valence-electron chi connectivity index (χ2n) is 7.39. The lowest BCUT2D eigenvalue weighted by molar-refractivity contribution is 1.10. The van der Waals surface area contributed by atoms with Crippen molar-refractivity contribution in [3.8, 4) is 0 Å². The van der Waals surface area contributed by atoms with Crippen LogP contribution in [0.3, 0.4) is 0 Å². The van der Waals surface area contributed by atoms with Crippen molar-refractivity contribution >= 4 is 83.7 Å². The van der Waals surface area contributed by atoms with E-state index in [0.717, 1.165) is 38.4 Å². The number of aromatic nitrogens is 4. The molecule has 0 unspecified atom stereocenters. The summed E-state index contributed by atoms with van der Waals surface area (Å²) in [5.74, 6) is 0.811. The van der Waals surface area contributed by atoms with E-state index in [4.69, 9.17) is 34.8 Å². The fourth-order valence-electron chi connectivity index (χ4n) is 3.31. The van der Waals surface area contributed by atoms with Gasteiger partial charge in [-0.05, 0) is 67.6 Å². The Morgan fingerprint density at radius 2 is 1.27 bits per heavy atom. The Morgan fingerprint density at radius 1 is 0.727 bits per heavy atom. The van der Waals surface area contributed by atoms with Gasteiger partial charge in [-0.2, -0.15) is 0 Å². The maximum atomic E-state index is 6.01. The van der Waals surface area contributed by atoms with E-state index in [9.17, 15) is 0 Å². The van der Waals surface area contributed by atoms with Gasteiger partial charge in [0, 0.05) is 16.3 Å². The summed E-state index contributed by atoms with van der Waals surface area (Å²) in [5, 5.41) is 6.31. The lowest BCUT2D eigenvalue weighted by Crippen LogP contribution is -2.02. The first kappa shape index (κ1) is 24.1. The van der Waals surface area contributed by atoms with Gasteiger partial charge in [0.2, 0.25) is 10.6 Å². The van der Waals surface area contributed by atoms with Gasteiger partial charge in [0.1, 0.15) is 20.6 Å². The van der Waals surface area contributed by atoms with Crippen molar-refractivity contribution in [2.75, 3.05) is 5.32 Å². The Labute approximate surface area is 214 Å². The molecule has 0 amide bonds. The SMILES string of the molecule is Cc1sc2nc(Cl)nc(Cl)c2c1C.Cc1sc2nc(Cl)nc(NCc3ccccc3)c2c1C. The van der Waals surface area contributed by atoms with Crippen LogP contribution in [0.4, 0.5) is 5.82 Å². The highest BCUT2D eigenvalue weighted by Gasteiger charge is 2.14. The van der Waals surface area contributed by atoms with Crippen LogP contribution in [0.25, 0.3) is 20.4 Å². The van der Waals surface area contributed by atoms with E-state index in [1.165, 1.54) is 20.9 Å². The molecule has 0 atom stereocenters. The van der Waals surface area contributed by atoms with Crippen LogP contribution in [-0.4, -0.2) is 19.9 Å². The zero-order valence-corrected chi connectivity index (χ0v) is 22.2. The van der Waals surface area contributed by atoms with Crippen molar-refractivity contribution < 1.29 is 0 Å². The van der Waals surface area contributed by atoms with Crippen LogP contribution in [0.5, 0.6) is 0 Å². The minimum atomic E-state index is 0.207. The summed E-state index contributed by atoms with van der Waals surface area (Å²) in [6, 6.07) is 10.2. The Kier molecular flexibility index (Phi) is 7.36. The summed E-state index contributed by atoms with van der Waals surface area (Å²) >= 11 is 20.9. The van der Waals surface area contributed by atoms with Crippen LogP contribution in [0, 0.1) is 27.7 Å². The molecule has 10 heteroatoms. The van der Waals surface area contributed by atoms with E-state index in [1.807, 2.05) is 32.0 Å². The summed E-state index contributed by atoms with van der Waals surface area (Å²) in [6.07, 6.45) is 0. The second kappa shape index (κ2) is 10.1. The van der Waals surface area contributed by atoms with Gasteiger partial charge in [-0.25, -0.2) is 19.9 Å². The van der Waals surface area contributed by atoms with Crippen molar-refractivity contribution in [3.63, 3.8) is 0 Å². The topological polar surface area (TPSA) is 63.6 Å². The van der Waals surface area contributed by atoms with E-state index in [-0.39, 0.29) is 10.6 Å². The molecular formula is C23H20Cl3N5S2. The zero-order valence-electron chi connectivity index (χ0n) is 18.3. The second-order valence-corrected chi connectivity index (χ2v) is 10.8. The molecule has 33 heavy (non-hydrogen) atoms. The average molecular weight is 537 g/mol. The number of anilines is 1. The normalized spacial score (nSPS) is 11.0. The number of rotatable bonds is 3. The third kappa shape index (κ3) is 5.23. The molecule has 0 saturated carbocycles. The number of nitrogens with zero attached hydrogens (tertiary/aromatic N) is 4. The minimum Gasteiger partial charge on any atom is -0.365 e. The van der Waals surface area contributed by atoms with Crippen LogP contribution < -0.4 is 5.32 Å². The molecule has 0 saturated heterocycles. The minimum absolute atomic E-state index is 0.207. The third-order valence-electron chi connectivity index (χ3n) is 5.26. The van der Waals surface area contributed by atoms with Crippen LogP contribution in [0.15, 0.2) is 30.3 Å². The van der Waals surface area contributed by atoms with E-state index >= 15 is 0 Å². The smallest absolute Gasteiger partial charge is 0.225 e. The maximum Gasteiger partial charge on any atom is 0.225 e. The monoisotopic (exact) mass is 535 g/mol. The fourth-order valence-corrected chi connectivity index (χ4v) is 6.22. The number of hydrogen-bond acceptors (Lipinski definition) is 7. The molecule has 0 spiro atoms. The Balaban J connectivity index is 0.000000172. The molecule has 4 aromatic heterocycles. The molecule has 0 aliphatic rings. The fraction of sp³-hybridized carbons (Fsp3) is 0.217. The van der Waals surface area contributed by atoms with Crippen molar-refractivity contribution in [3.05, 3.63) is 72.5 Å². The quantitative estimate of drug-likeness (QED) is 0.186. The van der Waals surface area contributed by atoms with Gasteiger partial charge in [0.25, 0.3) is 0 Å². The maximum absolute atomic E-state index is 6.01. The number of thiophene rings is 2. The molecule has 5 aromatic rings. The first-order chi connectivity index (χ1) is 15.7. The molecule has 0 aliphatic carbocycles. The molecule has 0 fully saturated rings. The molecule has 0 radical (unpaired) electrons. The third-order valence-corrected chi connectivity index (χ3v) is 8.08. The molecular weight excluding hydrogens is 517 g/mol. The summed E-state index contributed by atoms with van der Waals surface area (Å²) < 4.78 is 0. The zero-order chi connectivity index (χ0) is 23.7. The van der Waals surface area contributed by atoms with Gasteiger partial charge < -0.3 is 5.32 Å². The standard InChI is InChI=1S/C15H14ClN3S.C8H6Cl2N2S/c1-9-10(2)20-14-12(9)13(18-15(16)19-14)17-8-11-6-4-3-5-7-11;1-3-4(2)13-7-5(3)6(9)11-8(10)12-7/h3-7H,8H2,1-2H3,(H,17,18,19);1-2H3. The predicted octanol–water partition coefficient (Wildman–Crippen LogP) is 8.19. The summed E-state index contributed by atoms with van der Waals surface area (Å²) in [7, 11) is 0. The number of aryl methyl sites for hydroxylation is 4. The van der Waals surface area contributed by atoms with Gasteiger partial charge >= 0.3 is 0 Å². The first-order valence-electron chi connectivity index (χ1n) is 10.0. The molecule has 0 aliphatic heterocycles. The number of hydrogen-bond donors (Lipinski definition) is 1. The van der Waals surface area contributed by atoms with Crippen LogP contribution >= 0.6 is 57.5 Å². The predicted molar refractivity (Wildman–Crippen MR) is 143 cm³/mol. The first-order valence-corrected chi connectivity index (χ1v) is 12.8. The number of benzene rings is 1. The van der Waals surface area contributed by atoms with Gasteiger partial charge in [-0.15, -0.1) is 22.7 Å². The summed E-state index contributed by atoms with van der Waals surface area (Å²) in [4.78, 5) is 20.9. The molecule has 170 valence electrons. The largest absolute Gasteiger partial charge is 0.365 e. The molecule has 1 N–H and O–H groups in total. The van der Waals surface area contributed by atoms with Crippen molar-refractivity contribution in [2.24, 2.45) is 0 Å². The highest BCUT2D eigenvalue weighted by molar-refractivity contribution is 7.19. The van der Waals surface area contributed by atoms with E-state index in [2.05, 4.69) is 51.2 Å². The van der Waals surface area contributed by atoms with Gasteiger partial charge in [0.15, 0.2) is 0 Å². The van der Waals surface area contributed by atoms with E-state index in [0.29, 0.717) is 5.15 Å². The van der Waals surface area contributed by atoms with Gasteiger partial charge in [-0.1, -0.05) is 41.9 Å². The Morgan fingerprint density at radius 3 is 1.91 bits per heavy atom. The molecule has 4 heterocycles. The van der Waals surface area contributed by atoms with Crippen molar-refractivity contribution in [1.29, 1.82) is 0 Å². The van der Waals surface area contributed by atoms with Gasteiger partial charge in [0.05, 0.1) is 10.8 Å². The number of fused-ring (bicyclic) bond motifs is 2. The van der Waals surface area contributed by atoms with E-state index in [1.54, 1.807) is 22.7 Å². The van der Waals surface area contributed by atoms with Crippen molar-refractivity contribution in [1.82, 2.24) is 19.9 Å². The van der Waals surface area contributed by atoms with Crippen LogP contribution in [0.1, 0.15) is 26.4 Å². The molecule has 0 bridgehead atoms. The highest BCUT2D eigenvalue weighted by Crippen LogP contribution is 2.34. The molecule has 5 rings (SSSR count). The highest BCUT2D eigenvalue weighted by atomic mass is 35.5. The van der Waals surface area contributed by atoms with Gasteiger partial charge in [-0.3, -0.25) is 0 Å².